The van der Waals surface area contributed by atoms with E-state index in [-0.39, 0.29) is 0 Å². The van der Waals surface area contributed by atoms with Crippen molar-refractivity contribution in [2.45, 2.75) is 20.4 Å². The van der Waals surface area contributed by atoms with Crippen LogP contribution in [0.5, 0.6) is 0 Å². The van der Waals surface area contributed by atoms with Gasteiger partial charge in [-0.15, -0.1) is 11.3 Å². The molecule has 0 unspecified atom stereocenters. The number of anilines is 1. The molecule has 3 aromatic heterocycles. The number of aryl methyl sites for hydroxylation is 3. The number of hydrogen-bond acceptors (Lipinski definition) is 6. The second-order valence-electron chi connectivity index (χ2n) is 4.81. The Hall–Kier alpha value is -2.28. The fraction of sp³-hybridized carbons (Fsp3) is 0.286. The van der Waals surface area contributed by atoms with Crippen LogP contribution in [0.2, 0.25) is 0 Å². The zero-order chi connectivity index (χ0) is 14.8. The van der Waals surface area contributed by atoms with E-state index in [1.165, 1.54) is 0 Å². The van der Waals surface area contributed by atoms with Gasteiger partial charge in [0.15, 0.2) is 0 Å². The van der Waals surface area contributed by atoms with Crippen molar-refractivity contribution in [1.82, 2.24) is 24.7 Å². The lowest BCUT2D eigenvalue weighted by Gasteiger charge is -2.05. The van der Waals surface area contributed by atoms with Crippen LogP contribution in [-0.2, 0) is 13.6 Å². The first-order valence-corrected chi connectivity index (χ1v) is 7.49. The third-order valence-electron chi connectivity index (χ3n) is 2.90. The Morgan fingerprint density at radius 2 is 2.10 bits per heavy atom. The summed E-state index contributed by atoms with van der Waals surface area (Å²) in [5.74, 6) is 1.59. The van der Waals surface area contributed by atoms with E-state index in [0.29, 0.717) is 6.54 Å². The highest BCUT2D eigenvalue weighted by Gasteiger charge is 2.07. The van der Waals surface area contributed by atoms with Crippen molar-refractivity contribution in [3.8, 4) is 10.7 Å². The molecule has 6 nitrogen and oxygen atoms in total. The molecule has 0 radical (unpaired) electrons. The van der Waals surface area contributed by atoms with E-state index >= 15 is 0 Å². The molecule has 0 bridgehead atoms. The summed E-state index contributed by atoms with van der Waals surface area (Å²) in [6, 6.07) is 3.90. The lowest BCUT2D eigenvalue weighted by atomic mass is 10.4. The van der Waals surface area contributed by atoms with Gasteiger partial charge in [-0.05, 0) is 19.9 Å². The number of rotatable bonds is 4. The molecule has 0 saturated carbocycles. The van der Waals surface area contributed by atoms with Crippen molar-refractivity contribution in [1.29, 1.82) is 0 Å². The minimum Gasteiger partial charge on any atom is -0.364 e. The molecule has 108 valence electrons. The molecule has 0 saturated heterocycles. The van der Waals surface area contributed by atoms with E-state index in [9.17, 15) is 0 Å². The van der Waals surface area contributed by atoms with Crippen LogP contribution in [-0.4, -0.2) is 24.7 Å². The Morgan fingerprint density at radius 3 is 2.81 bits per heavy atom. The van der Waals surface area contributed by atoms with E-state index in [0.717, 1.165) is 33.7 Å². The molecule has 0 aromatic carbocycles. The van der Waals surface area contributed by atoms with Crippen LogP contribution in [0.1, 0.15) is 17.2 Å². The van der Waals surface area contributed by atoms with Crippen molar-refractivity contribution < 1.29 is 0 Å². The summed E-state index contributed by atoms with van der Waals surface area (Å²) in [6.45, 7) is 4.49. The smallest absolute Gasteiger partial charge is 0.144 e. The van der Waals surface area contributed by atoms with Gasteiger partial charge in [0, 0.05) is 30.4 Å². The van der Waals surface area contributed by atoms with Gasteiger partial charge in [0.1, 0.15) is 22.3 Å². The quantitative estimate of drug-likeness (QED) is 0.802. The molecule has 0 aliphatic heterocycles. The van der Waals surface area contributed by atoms with Crippen LogP contribution in [0.4, 0.5) is 5.82 Å². The van der Waals surface area contributed by atoms with E-state index in [1.54, 1.807) is 16.0 Å². The SMILES string of the molecule is Cc1cc(NCc2csc(-c3ccn(C)n3)n2)nc(C)n1. The highest BCUT2D eigenvalue weighted by atomic mass is 32.1. The maximum Gasteiger partial charge on any atom is 0.144 e. The lowest BCUT2D eigenvalue weighted by molar-refractivity contribution is 0.770. The molecular weight excluding hydrogens is 284 g/mol. The normalized spacial score (nSPS) is 10.8. The largest absolute Gasteiger partial charge is 0.364 e. The average molecular weight is 300 g/mol. The molecule has 0 aliphatic carbocycles. The van der Waals surface area contributed by atoms with Gasteiger partial charge in [-0.1, -0.05) is 0 Å². The van der Waals surface area contributed by atoms with Gasteiger partial charge in [0.05, 0.1) is 12.2 Å². The molecule has 0 aliphatic rings. The van der Waals surface area contributed by atoms with Crippen molar-refractivity contribution in [2.75, 3.05) is 5.32 Å². The molecule has 0 atom stereocenters. The maximum absolute atomic E-state index is 4.59. The third-order valence-corrected chi connectivity index (χ3v) is 3.81. The Balaban J connectivity index is 1.70. The predicted molar refractivity (Wildman–Crippen MR) is 83.1 cm³/mol. The van der Waals surface area contributed by atoms with Crippen LogP contribution in [0.3, 0.4) is 0 Å². The zero-order valence-corrected chi connectivity index (χ0v) is 13.0. The van der Waals surface area contributed by atoms with Crippen LogP contribution < -0.4 is 5.32 Å². The first kappa shape index (κ1) is 13.7. The second kappa shape index (κ2) is 5.61. The molecule has 3 rings (SSSR count). The highest BCUT2D eigenvalue weighted by Crippen LogP contribution is 2.22. The van der Waals surface area contributed by atoms with Gasteiger partial charge < -0.3 is 5.32 Å². The molecule has 0 fully saturated rings. The first-order valence-electron chi connectivity index (χ1n) is 6.61. The summed E-state index contributed by atoms with van der Waals surface area (Å²) in [4.78, 5) is 13.2. The summed E-state index contributed by atoms with van der Waals surface area (Å²) >= 11 is 1.60. The monoisotopic (exact) mass is 300 g/mol. The van der Waals surface area contributed by atoms with Crippen LogP contribution in [0.15, 0.2) is 23.7 Å². The lowest BCUT2D eigenvalue weighted by Crippen LogP contribution is -2.04. The molecule has 3 aromatic rings. The molecule has 7 heteroatoms. The number of aromatic nitrogens is 5. The highest BCUT2D eigenvalue weighted by molar-refractivity contribution is 7.13. The van der Waals surface area contributed by atoms with E-state index in [4.69, 9.17) is 0 Å². The fourth-order valence-corrected chi connectivity index (χ4v) is 2.81. The Kier molecular flexibility index (Phi) is 3.66. The van der Waals surface area contributed by atoms with Gasteiger partial charge in [0.25, 0.3) is 0 Å². The van der Waals surface area contributed by atoms with Gasteiger partial charge in [-0.3, -0.25) is 4.68 Å². The molecule has 1 N–H and O–H groups in total. The summed E-state index contributed by atoms with van der Waals surface area (Å²) in [5, 5.41) is 10.6. The van der Waals surface area contributed by atoms with Crippen LogP contribution in [0, 0.1) is 13.8 Å². The summed E-state index contributed by atoms with van der Waals surface area (Å²) in [7, 11) is 1.90. The van der Waals surface area contributed by atoms with Gasteiger partial charge in [0.2, 0.25) is 0 Å². The standard InChI is InChI=1S/C14H16N6S/c1-9-6-13(17-10(2)16-9)15-7-11-8-21-14(18-11)12-4-5-20(3)19-12/h4-6,8H,7H2,1-3H3,(H,15,16,17). The van der Waals surface area contributed by atoms with Gasteiger partial charge >= 0.3 is 0 Å². The summed E-state index contributed by atoms with van der Waals surface area (Å²) in [5.41, 5.74) is 2.84. The number of thiazole rings is 1. The second-order valence-corrected chi connectivity index (χ2v) is 5.67. The van der Waals surface area contributed by atoms with Crippen molar-refractivity contribution >= 4 is 17.2 Å². The fourth-order valence-electron chi connectivity index (χ4n) is 2.02. The minimum absolute atomic E-state index is 0.638. The Labute approximate surface area is 126 Å². The first-order chi connectivity index (χ1) is 10.1. The molecule has 0 spiro atoms. The number of nitrogens with zero attached hydrogens (tertiary/aromatic N) is 5. The minimum atomic E-state index is 0.638. The predicted octanol–water partition coefficient (Wildman–Crippen LogP) is 2.56. The van der Waals surface area contributed by atoms with E-state index in [2.05, 4.69) is 25.4 Å². The van der Waals surface area contributed by atoms with Crippen molar-refractivity contribution in [2.24, 2.45) is 7.05 Å². The topological polar surface area (TPSA) is 68.5 Å². The molecule has 0 amide bonds. The van der Waals surface area contributed by atoms with Gasteiger partial charge in [-0.2, -0.15) is 5.10 Å². The summed E-state index contributed by atoms with van der Waals surface area (Å²) < 4.78 is 1.78. The molecule has 3 heterocycles. The van der Waals surface area contributed by atoms with Crippen LogP contribution >= 0.6 is 11.3 Å². The van der Waals surface area contributed by atoms with Crippen molar-refractivity contribution in [3.05, 3.63) is 40.9 Å². The number of nitrogens with one attached hydrogen (secondary N) is 1. The Morgan fingerprint density at radius 1 is 1.24 bits per heavy atom. The van der Waals surface area contributed by atoms with E-state index < -0.39 is 0 Å². The third kappa shape index (κ3) is 3.25. The maximum atomic E-state index is 4.59. The van der Waals surface area contributed by atoms with Crippen LogP contribution in [0.25, 0.3) is 10.7 Å². The van der Waals surface area contributed by atoms with Crippen molar-refractivity contribution in [3.63, 3.8) is 0 Å². The zero-order valence-electron chi connectivity index (χ0n) is 12.2. The number of hydrogen-bond donors (Lipinski definition) is 1. The molecule has 21 heavy (non-hydrogen) atoms. The average Bonchev–Trinajstić information content (AvgIpc) is 3.04. The molecular formula is C14H16N6S. The van der Waals surface area contributed by atoms with Gasteiger partial charge in [-0.25, -0.2) is 15.0 Å². The summed E-state index contributed by atoms with van der Waals surface area (Å²) in [6.07, 6.45) is 1.92. The van der Waals surface area contributed by atoms with E-state index in [1.807, 2.05) is 44.6 Å². The Bertz CT molecular complexity index is 740.